The molecule has 0 heterocycles. The zero-order valence-electron chi connectivity index (χ0n) is 18.8. The number of guanidine groups is 1. The highest BCUT2D eigenvalue weighted by Crippen LogP contribution is 2.33. The topological polar surface area (TPSA) is 84.4 Å². The number of nitrogens with one attached hydrogen (secondary N) is 2. The van der Waals surface area contributed by atoms with Gasteiger partial charge in [0.25, 0.3) is 5.91 Å². The van der Waals surface area contributed by atoms with Crippen LogP contribution in [0.4, 0.5) is 0 Å². The molecular weight excluding hydrogens is 511 g/mol. The average Bonchev–Trinajstić information content (AvgIpc) is 2.78. The lowest BCUT2D eigenvalue weighted by Crippen LogP contribution is -2.36. The van der Waals surface area contributed by atoms with Crippen molar-refractivity contribution in [1.82, 2.24) is 15.5 Å². The van der Waals surface area contributed by atoms with E-state index in [1.807, 2.05) is 36.4 Å². The summed E-state index contributed by atoms with van der Waals surface area (Å²) in [5.41, 5.74) is 2.55. The van der Waals surface area contributed by atoms with Crippen molar-refractivity contribution >= 4 is 35.8 Å². The minimum Gasteiger partial charge on any atom is -0.496 e. The molecule has 0 aromatic heterocycles. The van der Waals surface area contributed by atoms with Crippen LogP contribution in [0, 0.1) is 0 Å². The van der Waals surface area contributed by atoms with Gasteiger partial charge in [-0.15, -0.1) is 24.0 Å². The lowest BCUT2D eigenvalue weighted by Gasteiger charge is -2.17. The Bertz CT molecular complexity index is 861. The van der Waals surface area contributed by atoms with E-state index in [9.17, 15) is 4.79 Å². The van der Waals surface area contributed by atoms with Crippen molar-refractivity contribution in [3.8, 4) is 17.2 Å². The van der Waals surface area contributed by atoms with Crippen LogP contribution < -0.4 is 24.8 Å². The van der Waals surface area contributed by atoms with E-state index in [2.05, 4.69) is 15.6 Å². The summed E-state index contributed by atoms with van der Waals surface area (Å²) in [6, 6.07) is 11.1. The van der Waals surface area contributed by atoms with E-state index in [4.69, 9.17) is 14.2 Å². The Hall–Kier alpha value is -2.69. The van der Waals surface area contributed by atoms with E-state index in [0.717, 1.165) is 11.1 Å². The molecule has 0 bridgehead atoms. The fourth-order valence-corrected chi connectivity index (χ4v) is 2.85. The number of nitrogens with zero attached hydrogens (tertiary/aromatic N) is 2. The Labute approximate surface area is 201 Å². The predicted molar refractivity (Wildman–Crippen MR) is 133 cm³/mol. The summed E-state index contributed by atoms with van der Waals surface area (Å²) >= 11 is 0. The van der Waals surface area contributed by atoms with Crippen LogP contribution in [0.5, 0.6) is 17.2 Å². The maximum Gasteiger partial charge on any atom is 0.253 e. The summed E-state index contributed by atoms with van der Waals surface area (Å²) in [6.07, 6.45) is 0. The number of hydrogen-bond acceptors (Lipinski definition) is 5. The third-order valence-electron chi connectivity index (χ3n) is 4.54. The van der Waals surface area contributed by atoms with Crippen LogP contribution in [0.1, 0.15) is 21.5 Å². The Balaban J connectivity index is 0.00000480. The zero-order valence-corrected chi connectivity index (χ0v) is 21.1. The first kappa shape index (κ1) is 26.3. The van der Waals surface area contributed by atoms with Crippen LogP contribution in [-0.2, 0) is 13.1 Å². The molecule has 0 fully saturated rings. The fraction of sp³-hybridized carbons (Fsp3) is 0.364. The van der Waals surface area contributed by atoms with Crippen molar-refractivity contribution in [2.24, 2.45) is 4.99 Å². The Kier molecular flexibility index (Phi) is 10.9. The molecule has 9 heteroatoms. The van der Waals surface area contributed by atoms with Gasteiger partial charge in [0.05, 0.1) is 33.4 Å². The van der Waals surface area contributed by atoms with E-state index >= 15 is 0 Å². The van der Waals surface area contributed by atoms with Gasteiger partial charge in [-0.25, -0.2) is 0 Å². The SMILES string of the molecule is CN=C(NCc1ccc(C(=O)N(C)C)cc1)NCc1c(OC)cc(OC)cc1OC.I. The second-order valence-corrected chi connectivity index (χ2v) is 6.69. The second kappa shape index (κ2) is 12.9. The highest BCUT2D eigenvalue weighted by Gasteiger charge is 2.14. The normalized spacial score (nSPS) is 10.6. The number of amides is 1. The predicted octanol–water partition coefficient (Wildman–Crippen LogP) is 2.90. The molecule has 2 N–H and O–H groups in total. The summed E-state index contributed by atoms with van der Waals surface area (Å²) in [5, 5.41) is 6.53. The van der Waals surface area contributed by atoms with Gasteiger partial charge in [-0.2, -0.15) is 0 Å². The van der Waals surface area contributed by atoms with Crippen molar-refractivity contribution < 1.29 is 19.0 Å². The molecular formula is C22H31IN4O4. The quantitative estimate of drug-likeness (QED) is 0.303. The molecule has 2 aromatic carbocycles. The molecule has 0 radical (unpaired) electrons. The molecule has 8 nitrogen and oxygen atoms in total. The van der Waals surface area contributed by atoms with Crippen molar-refractivity contribution in [3.05, 3.63) is 53.1 Å². The summed E-state index contributed by atoms with van der Waals surface area (Å²) in [4.78, 5) is 17.8. The van der Waals surface area contributed by atoms with Gasteiger partial charge >= 0.3 is 0 Å². The molecule has 0 aliphatic rings. The second-order valence-electron chi connectivity index (χ2n) is 6.69. The standard InChI is InChI=1S/C22H30N4O4.HI/c1-23-22(24-13-15-7-9-16(10-8-15)21(27)26(2)3)25-14-18-19(29-5)11-17(28-4)12-20(18)30-6;/h7-12H,13-14H2,1-6H3,(H2,23,24,25);1H. The Morgan fingerprint density at radius 3 is 1.94 bits per heavy atom. The third kappa shape index (κ3) is 7.20. The van der Waals surface area contributed by atoms with E-state index in [-0.39, 0.29) is 29.9 Å². The molecule has 2 aromatic rings. The lowest BCUT2D eigenvalue weighted by molar-refractivity contribution is 0.0827. The molecule has 0 unspecified atom stereocenters. The van der Waals surface area contributed by atoms with Gasteiger partial charge in [0.1, 0.15) is 17.2 Å². The molecule has 170 valence electrons. The first-order valence-corrected chi connectivity index (χ1v) is 9.47. The summed E-state index contributed by atoms with van der Waals surface area (Å²) in [5.74, 6) is 2.59. The third-order valence-corrected chi connectivity index (χ3v) is 4.54. The van der Waals surface area contributed by atoms with Crippen LogP contribution in [0.2, 0.25) is 0 Å². The van der Waals surface area contributed by atoms with Crippen molar-refractivity contribution in [1.29, 1.82) is 0 Å². The average molecular weight is 542 g/mol. The molecule has 0 saturated heterocycles. The van der Waals surface area contributed by atoms with E-state index < -0.39 is 0 Å². The minimum atomic E-state index is -0.0191. The van der Waals surface area contributed by atoms with Crippen molar-refractivity contribution in [2.45, 2.75) is 13.1 Å². The van der Waals surface area contributed by atoms with E-state index in [0.29, 0.717) is 41.9 Å². The van der Waals surface area contributed by atoms with Crippen molar-refractivity contribution in [2.75, 3.05) is 42.5 Å². The first-order valence-electron chi connectivity index (χ1n) is 9.47. The molecule has 31 heavy (non-hydrogen) atoms. The number of ether oxygens (including phenoxy) is 3. The van der Waals surface area contributed by atoms with Gasteiger partial charge in [-0.05, 0) is 17.7 Å². The summed E-state index contributed by atoms with van der Waals surface area (Å²) in [6.45, 7) is 1.01. The number of aliphatic imine (C=N–C) groups is 1. The number of carbonyl (C=O) groups excluding carboxylic acids is 1. The number of rotatable bonds is 8. The molecule has 0 aliphatic heterocycles. The highest BCUT2D eigenvalue weighted by atomic mass is 127. The largest absolute Gasteiger partial charge is 0.496 e. The molecule has 0 spiro atoms. The van der Waals surface area contributed by atoms with Crippen LogP contribution in [0.25, 0.3) is 0 Å². The van der Waals surface area contributed by atoms with Crippen molar-refractivity contribution in [3.63, 3.8) is 0 Å². The fourth-order valence-electron chi connectivity index (χ4n) is 2.85. The minimum absolute atomic E-state index is 0. The lowest BCUT2D eigenvalue weighted by atomic mass is 10.1. The van der Waals surface area contributed by atoms with Crippen LogP contribution in [0.15, 0.2) is 41.4 Å². The monoisotopic (exact) mass is 542 g/mol. The Morgan fingerprint density at radius 2 is 1.48 bits per heavy atom. The molecule has 0 atom stereocenters. The molecule has 0 aliphatic carbocycles. The summed E-state index contributed by atoms with van der Waals surface area (Å²) in [7, 11) is 9.99. The van der Waals surface area contributed by atoms with Crippen LogP contribution in [0.3, 0.4) is 0 Å². The smallest absolute Gasteiger partial charge is 0.253 e. The van der Waals surface area contributed by atoms with Gasteiger partial charge in [0.15, 0.2) is 5.96 Å². The van der Waals surface area contributed by atoms with E-state index in [1.54, 1.807) is 47.4 Å². The summed E-state index contributed by atoms with van der Waals surface area (Å²) < 4.78 is 16.2. The Morgan fingerprint density at radius 1 is 0.935 bits per heavy atom. The maximum atomic E-state index is 12.0. The number of hydrogen-bond donors (Lipinski definition) is 2. The van der Waals surface area contributed by atoms with Gasteiger partial charge < -0.3 is 29.7 Å². The van der Waals surface area contributed by atoms with Gasteiger partial charge in [-0.1, -0.05) is 12.1 Å². The highest BCUT2D eigenvalue weighted by molar-refractivity contribution is 14.0. The number of carbonyl (C=O) groups is 1. The van der Waals surface area contributed by atoms with Crippen LogP contribution in [-0.4, -0.2) is 59.2 Å². The van der Waals surface area contributed by atoms with Gasteiger partial charge in [-0.3, -0.25) is 9.79 Å². The maximum absolute atomic E-state index is 12.0. The van der Waals surface area contributed by atoms with Crippen LogP contribution >= 0.6 is 24.0 Å². The zero-order chi connectivity index (χ0) is 22.1. The number of benzene rings is 2. The molecule has 1 amide bonds. The van der Waals surface area contributed by atoms with E-state index in [1.165, 1.54) is 0 Å². The molecule has 2 rings (SSSR count). The number of halogens is 1. The van der Waals surface area contributed by atoms with Gasteiger partial charge in [0, 0.05) is 45.4 Å². The molecule has 0 saturated carbocycles. The van der Waals surface area contributed by atoms with Gasteiger partial charge in [0.2, 0.25) is 0 Å². The first-order chi connectivity index (χ1) is 14.4. The number of methoxy groups -OCH3 is 3.